The first-order valence-corrected chi connectivity index (χ1v) is 11.7. The Hall–Kier alpha value is -4.59. The summed E-state index contributed by atoms with van der Waals surface area (Å²) in [6, 6.07) is 9.18. The number of hydrogen-bond acceptors (Lipinski definition) is 7. The Kier molecular flexibility index (Phi) is 5.75. The monoisotopic (exact) mass is 502 g/mol. The molecule has 0 bridgehead atoms. The molecule has 3 aromatic rings. The summed E-state index contributed by atoms with van der Waals surface area (Å²) in [5.74, 6) is -0.938. The minimum atomic E-state index is -0.838. The van der Waals surface area contributed by atoms with Gasteiger partial charge in [0.05, 0.1) is 46.4 Å². The Labute approximate surface area is 211 Å². The second-order valence-electron chi connectivity index (χ2n) is 9.76. The van der Waals surface area contributed by atoms with Gasteiger partial charge in [0.2, 0.25) is 5.91 Å². The molecule has 188 valence electrons. The minimum Gasteiger partial charge on any atom is -0.443 e. The number of benzene rings is 1. The van der Waals surface area contributed by atoms with E-state index in [-0.39, 0.29) is 46.2 Å². The number of nitriles is 1. The molecule has 2 aromatic heterocycles. The van der Waals surface area contributed by atoms with Gasteiger partial charge in [-0.15, -0.1) is 5.10 Å². The van der Waals surface area contributed by atoms with Gasteiger partial charge in [-0.25, -0.2) is 23.8 Å². The van der Waals surface area contributed by atoms with Gasteiger partial charge in [-0.05, 0) is 45.4 Å². The van der Waals surface area contributed by atoms with Crippen molar-refractivity contribution in [2.24, 2.45) is 0 Å². The second kappa shape index (κ2) is 8.81. The van der Waals surface area contributed by atoms with E-state index in [4.69, 9.17) is 4.74 Å². The van der Waals surface area contributed by atoms with E-state index in [1.165, 1.54) is 28.9 Å². The molecule has 1 saturated heterocycles. The van der Waals surface area contributed by atoms with Crippen LogP contribution in [-0.2, 0) is 16.1 Å². The van der Waals surface area contributed by atoms with Gasteiger partial charge in [0.15, 0.2) is 5.82 Å². The standard InChI is InChI=1S/C26H23FN6O4/c1-26(2,3)37-25(36)32-14-18-23(24(32)35)19(33-11-9-20(30-33)31-10-5-8-21(31)34)12-17(29-18)22-15(13-28)6-4-7-16(22)27/h4,6-7,9,11-12H,5,8,10,14H2,1-3H3. The van der Waals surface area contributed by atoms with E-state index in [2.05, 4.69) is 10.1 Å². The van der Waals surface area contributed by atoms with E-state index in [9.17, 15) is 24.0 Å². The fourth-order valence-corrected chi connectivity index (χ4v) is 4.42. The molecule has 1 fully saturated rings. The summed E-state index contributed by atoms with van der Waals surface area (Å²) < 4.78 is 21.7. The molecule has 0 unspecified atom stereocenters. The van der Waals surface area contributed by atoms with Gasteiger partial charge >= 0.3 is 6.09 Å². The zero-order valence-corrected chi connectivity index (χ0v) is 20.5. The van der Waals surface area contributed by atoms with E-state index in [1.807, 2.05) is 6.07 Å². The number of hydrogen-bond donors (Lipinski definition) is 0. The third-order valence-electron chi connectivity index (χ3n) is 6.02. The van der Waals surface area contributed by atoms with Crippen molar-refractivity contribution in [1.29, 1.82) is 5.26 Å². The van der Waals surface area contributed by atoms with Gasteiger partial charge in [0.1, 0.15) is 11.4 Å². The van der Waals surface area contributed by atoms with Gasteiger partial charge in [-0.2, -0.15) is 5.26 Å². The molecule has 37 heavy (non-hydrogen) atoms. The third-order valence-corrected chi connectivity index (χ3v) is 6.02. The highest BCUT2D eigenvalue weighted by Crippen LogP contribution is 2.34. The van der Waals surface area contributed by atoms with Crippen molar-refractivity contribution < 1.29 is 23.5 Å². The number of fused-ring (bicyclic) bond motifs is 1. The Morgan fingerprint density at radius 3 is 2.65 bits per heavy atom. The van der Waals surface area contributed by atoms with Crippen LogP contribution in [0.1, 0.15) is 55.2 Å². The summed E-state index contributed by atoms with van der Waals surface area (Å²) in [7, 11) is 0. The van der Waals surface area contributed by atoms with Crippen LogP contribution in [0.25, 0.3) is 16.9 Å². The Balaban J connectivity index is 1.66. The van der Waals surface area contributed by atoms with E-state index >= 15 is 0 Å². The van der Waals surface area contributed by atoms with Crippen molar-refractivity contribution in [1.82, 2.24) is 19.7 Å². The zero-order valence-electron chi connectivity index (χ0n) is 20.5. The summed E-state index contributed by atoms with van der Waals surface area (Å²) >= 11 is 0. The quantitative estimate of drug-likeness (QED) is 0.531. The van der Waals surface area contributed by atoms with Crippen molar-refractivity contribution in [3.63, 3.8) is 0 Å². The topological polar surface area (TPSA) is 121 Å². The number of ether oxygens (including phenoxy) is 1. The molecule has 0 N–H and O–H groups in total. The van der Waals surface area contributed by atoms with Gasteiger partial charge in [0.25, 0.3) is 5.91 Å². The van der Waals surface area contributed by atoms with Crippen LogP contribution in [-0.4, -0.2) is 49.7 Å². The summed E-state index contributed by atoms with van der Waals surface area (Å²) in [5.41, 5.74) is -0.133. The van der Waals surface area contributed by atoms with Crippen LogP contribution in [0.15, 0.2) is 36.5 Å². The number of nitrogens with zero attached hydrogens (tertiary/aromatic N) is 6. The first-order chi connectivity index (χ1) is 17.6. The molecule has 4 heterocycles. The fourth-order valence-electron chi connectivity index (χ4n) is 4.42. The highest BCUT2D eigenvalue weighted by molar-refractivity contribution is 6.08. The Bertz CT molecular complexity index is 1500. The zero-order chi connectivity index (χ0) is 26.5. The van der Waals surface area contributed by atoms with Gasteiger partial charge in [0, 0.05) is 25.2 Å². The molecular formula is C26H23FN6O4. The first kappa shape index (κ1) is 24.1. The molecule has 0 atom stereocenters. The molecule has 5 rings (SSSR count). The number of halogens is 1. The highest BCUT2D eigenvalue weighted by Gasteiger charge is 2.39. The van der Waals surface area contributed by atoms with Gasteiger partial charge in [-0.3, -0.25) is 14.5 Å². The molecule has 2 aliphatic heterocycles. The normalized spacial score (nSPS) is 15.2. The van der Waals surface area contributed by atoms with Crippen molar-refractivity contribution in [2.45, 2.75) is 45.8 Å². The molecule has 1 aromatic carbocycles. The number of aromatic nitrogens is 3. The smallest absolute Gasteiger partial charge is 0.417 e. The first-order valence-electron chi connectivity index (χ1n) is 11.7. The number of amides is 3. The molecule has 0 aliphatic carbocycles. The number of anilines is 1. The lowest BCUT2D eigenvalue weighted by Crippen LogP contribution is -2.37. The molecule has 0 spiro atoms. The second-order valence-corrected chi connectivity index (χ2v) is 9.76. The number of rotatable bonds is 3. The maximum atomic E-state index is 14.9. The van der Waals surface area contributed by atoms with E-state index in [0.29, 0.717) is 25.2 Å². The Morgan fingerprint density at radius 2 is 1.97 bits per heavy atom. The maximum Gasteiger partial charge on any atom is 0.417 e. The van der Waals surface area contributed by atoms with E-state index in [0.717, 1.165) is 4.90 Å². The lowest BCUT2D eigenvalue weighted by Gasteiger charge is -2.23. The van der Waals surface area contributed by atoms with Crippen LogP contribution in [0.3, 0.4) is 0 Å². The lowest BCUT2D eigenvalue weighted by molar-refractivity contribution is -0.117. The van der Waals surface area contributed by atoms with Crippen molar-refractivity contribution in [3.05, 3.63) is 59.2 Å². The lowest BCUT2D eigenvalue weighted by atomic mass is 10.0. The van der Waals surface area contributed by atoms with Crippen LogP contribution < -0.4 is 4.90 Å². The van der Waals surface area contributed by atoms with Crippen molar-refractivity contribution >= 4 is 23.7 Å². The van der Waals surface area contributed by atoms with Crippen molar-refractivity contribution in [2.75, 3.05) is 11.4 Å². The average Bonchev–Trinajstić information content (AvgIpc) is 3.56. The molecule has 3 amide bonds. The van der Waals surface area contributed by atoms with Gasteiger partial charge < -0.3 is 4.74 Å². The van der Waals surface area contributed by atoms with Crippen LogP contribution in [0.2, 0.25) is 0 Å². The fraction of sp³-hybridized carbons (Fsp3) is 0.308. The van der Waals surface area contributed by atoms with Crippen LogP contribution in [0, 0.1) is 17.1 Å². The SMILES string of the molecule is CC(C)(C)OC(=O)N1Cc2nc(-c3c(F)cccc3C#N)cc(-n3ccc(N4CCCC4=O)n3)c2C1=O. The molecule has 10 nitrogen and oxygen atoms in total. The molecule has 2 aliphatic rings. The predicted molar refractivity (Wildman–Crippen MR) is 129 cm³/mol. The summed E-state index contributed by atoms with van der Waals surface area (Å²) in [6.45, 7) is 5.40. The number of imide groups is 1. The number of carbonyl (C=O) groups is 3. The number of carbonyl (C=O) groups excluding carboxylic acids is 3. The van der Waals surface area contributed by atoms with Crippen molar-refractivity contribution in [3.8, 4) is 23.0 Å². The predicted octanol–water partition coefficient (Wildman–Crippen LogP) is 3.96. The molecular weight excluding hydrogens is 479 g/mol. The van der Waals surface area contributed by atoms with E-state index in [1.54, 1.807) is 37.9 Å². The summed E-state index contributed by atoms with van der Waals surface area (Å²) in [6.07, 6.45) is 1.88. The largest absolute Gasteiger partial charge is 0.443 e. The van der Waals surface area contributed by atoms with Crippen LogP contribution >= 0.6 is 0 Å². The average molecular weight is 503 g/mol. The molecule has 11 heteroatoms. The number of pyridine rings is 1. The molecule has 0 saturated carbocycles. The Morgan fingerprint density at radius 1 is 1.19 bits per heavy atom. The van der Waals surface area contributed by atoms with Crippen LogP contribution in [0.5, 0.6) is 0 Å². The maximum absolute atomic E-state index is 14.9. The molecule has 0 radical (unpaired) electrons. The van der Waals surface area contributed by atoms with Crippen LogP contribution in [0.4, 0.5) is 15.0 Å². The summed E-state index contributed by atoms with van der Waals surface area (Å²) in [5, 5.41) is 14.1. The minimum absolute atomic E-state index is 0.0284. The third kappa shape index (κ3) is 4.31. The van der Waals surface area contributed by atoms with Gasteiger partial charge in [-0.1, -0.05) is 6.07 Å². The summed E-state index contributed by atoms with van der Waals surface area (Å²) in [4.78, 5) is 45.4. The van der Waals surface area contributed by atoms with E-state index < -0.39 is 23.4 Å². The highest BCUT2D eigenvalue weighted by atomic mass is 19.1.